The molecule has 1 atom stereocenters. The zero-order valence-electron chi connectivity index (χ0n) is 8.53. The van der Waals surface area contributed by atoms with E-state index in [-0.39, 0.29) is 6.04 Å². The van der Waals surface area contributed by atoms with Crippen LogP contribution in [0.5, 0.6) is 0 Å². The summed E-state index contributed by atoms with van der Waals surface area (Å²) in [6, 6.07) is 10.5. The smallest absolute Gasteiger partial charge is 0.187 e. The van der Waals surface area contributed by atoms with E-state index in [4.69, 9.17) is 12.2 Å². The van der Waals surface area contributed by atoms with Gasteiger partial charge < -0.3 is 5.32 Å². The minimum absolute atomic E-state index is 0.220. The van der Waals surface area contributed by atoms with Gasteiger partial charge in [0.05, 0.1) is 6.04 Å². The summed E-state index contributed by atoms with van der Waals surface area (Å²) >= 11 is 5.09. The van der Waals surface area contributed by atoms with Crippen molar-refractivity contribution in [2.75, 3.05) is 0 Å². The largest absolute Gasteiger partial charge is 0.354 e. The molecular formula is C11H13N3S. The van der Waals surface area contributed by atoms with E-state index in [2.05, 4.69) is 28.0 Å². The Hall–Kier alpha value is -1.42. The van der Waals surface area contributed by atoms with Crippen molar-refractivity contribution < 1.29 is 0 Å². The molecule has 0 saturated heterocycles. The number of hydrogen-bond donors (Lipinski definition) is 2. The lowest BCUT2D eigenvalue weighted by molar-refractivity contribution is 0.678. The van der Waals surface area contributed by atoms with Gasteiger partial charge in [-0.2, -0.15) is 5.10 Å². The Labute approximate surface area is 94.6 Å². The fourth-order valence-electron chi connectivity index (χ4n) is 1.62. The maximum Gasteiger partial charge on any atom is 0.187 e. The Kier molecular flexibility index (Phi) is 2.97. The number of hydrogen-bond acceptors (Lipinski definition) is 2. The Bertz CT molecular complexity index is 386. The lowest BCUT2D eigenvalue weighted by Crippen LogP contribution is -2.32. The molecule has 78 valence electrons. The number of nitrogens with zero attached hydrogens (tertiary/aromatic N) is 1. The molecule has 3 nitrogen and oxygen atoms in total. The first-order valence-corrected chi connectivity index (χ1v) is 5.31. The molecule has 0 spiro atoms. The highest BCUT2D eigenvalue weighted by atomic mass is 32.1. The van der Waals surface area contributed by atoms with Gasteiger partial charge in [0.25, 0.3) is 0 Å². The van der Waals surface area contributed by atoms with Crippen LogP contribution in [0, 0.1) is 0 Å². The maximum atomic E-state index is 5.09. The van der Waals surface area contributed by atoms with Crippen molar-refractivity contribution in [2.24, 2.45) is 5.10 Å². The van der Waals surface area contributed by atoms with Gasteiger partial charge in [-0.25, -0.2) is 0 Å². The zero-order chi connectivity index (χ0) is 10.7. The summed E-state index contributed by atoms with van der Waals surface area (Å²) in [5.41, 5.74) is 5.09. The second-order valence-corrected chi connectivity index (χ2v) is 4.01. The maximum absolute atomic E-state index is 5.09. The van der Waals surface area contributed by atoms with Crippen molar-refractivity contribution in [3.63, 3.8) is 0 Å². The number of thiocarbonyl (C=S) groups is 1. The van der Waals surface area contributed by atoms with Gasteiger partial charge in [0.1, 0.15) is 0 Å². The second kappa shape index (κ2) is 4.40. The minimum Gasteiger partial charge on any atom is -0.354 e. The highest BCUT2D eigenvalue weighted by Crippen LogP contribution is 2.18. The van der Waals surface area contributed by atoms with Gasteiger partial charge in [0.2, 0.25) is 0 Å². The molecule has 1 heterocycles. The van der Waals surface area contributed by atoms with Crippen molar-refractivity contribution in [3.05, 3.63) is 35.9 Å². The van der Waals surface area contributed by atoms with Crippen LogP contribution in [0.25, 0.3) is 0 Å². The Balaban J connectivity index is 2.22. The molecule has 1 unspecified atom stereocenters. The van der Waals surface area contributed by atoms with E-state index in [0.29, 0.717) is 5.11 Å². The van der Waals surface area contributed by atoms with Gasteiger partial charge in [0, 0.05) is 12.1 Å². The highest BCUT2D eigenvalue weighted by molar-refractivity contribution is 7.80. The summed E-state index contributed by atoms with van der Waals surface area (Å²) in [6.45, 7) is 2.00. The fraction of sp³-hybridized carbons (Fsp3) is 0.273. The SMILES string of the molecule is CC1=NNC(=S)NC(c2ccccc2)C1. The second-order valence-electron chi connectivity index (χ2n) is 3.60. The lowest BCUT2D eigenvalue weighted by atomic mass is 10.0. The molecule has 0 saturated carbocycles. The van der Waals surface area contributed by atoms with E-state index in [0.717, 1.165) is 12.1 Å². The zero-order valence-corrected chi connectivity index (χ0v) is 9.34. The summed E-state index contributed by atoms with van der Waals surface area (Å²) in [6.07, 6.45) is 0.872. The molecule has 1 aliphatic rings. The van der Waals surface area contributed by atoms with Crippen LogP contribution < -0.4 is 10.7 Å². The van der Waals surface area contributed by atoms with Crippen LogP contribution >= 0.6 is 12.2 Å². The molecule has 15 heavy (non-hydrogen) atoms. The molecule has 0 aliphatic carbocycles. The quantitative estimate of drug-likeness (QED) is 0.709. The third kappa shape index (κ3) is 2.53. The normalized spacial score (nSPS) is 21.0. The van der Waals surface area contributed by atoms with Gasteiger partial charge in [-0.1, -0.05) is 30.3 Å². The van der Waals surface area contributed by atoms with Gasteiger partial charge in [0.15, 0.2) is 5.11 Å². The van der Waals surface area contributed by atoms with Crippen molar-refractivity contribution in [2.45, 2.75) is 19.4 Å². The molecule has 0 bridgehead atoms. The molecule has 0 fully saturated rings. The van der Waals surface area contributed by atoms with E-state index in [1.165, 1.54) is 5.56 Å². The van der Waals surface area contributed by atoms with Crippen LogP contribution in [0.3, 0.4) is 0 Å². The average molecular weight is 219 g/mol. The van der Waals surface area contributed by atoms with E-state index >= 15 is 0 Å². The van der Waals surface area contributed by atoms with Crippen LogP contribution in [-0.2, 0) is 0 Å². The molecule has 0 radical (unpaired) electrons. The van der Waals surface area contributed by atoms with Crippen LogP contribution in [0.1, 0.15) is 24.9 Å². The molecule has 4 heteroatoms. The van der Waals surface area contributed by atoms with Crippen molar-refractivity contribution in [1.29, 1.82) is 0 Å². The summed E-state index contributed by atoms with van der Waals surface area (Å²) in [4.78, 5) is 0. The molecule has 0 aromatic heterocycles. The number of hydrazone groups is 1. The molecule has 2 N–H and O–H groups in total. The Morgan fingerprint density at radius 2 is 2.07 bits per heavy atom. The third-order valence-electron chi connectivity index (χ3n) is 2.36. The number of benzene rings is 1. The van der Waals surface area contributed by atoms with Gasteiger partial charge in [-0.3, -0.25) is 5.43 Å². The molecule has 1 aromatic rings. The first-order valence-electron chi connectivity index (χ1n) is 4.90. The number of nitrogens with one attached hydrogen (secondary N) is 2. The topological polar surface area (TPSA) is 36.4 Å². The van der Waals surface area contributed by atoms with Gasteiger partial charge in [-0.15, -0.1) is 0 Å². The first-order chi connectivity index (χ1) is 7.25. The van der Waals surface area contributed by atoms with E-state index in [1.54, 1.807) is 0 Å². The first kappa shape index (κ1) is 10.1. The monoisotopic (exact) mass is 219 g/mol. The molecule has 0 amide bonds. The Morgan fingerprint density at radius 3 is 2.80 bits per heavy atom. The van der Waals surface area contributed by atoms with E-state index in [9.17, 15) is 0 Å². The minimum atomic E-state index is 0.220. The van der Waals surface area contributed by atoms with Crippen molar-refractivity contribution in [1.82, 2.24) is 10.7 Å². The standard InChI is InChI=1S/C11H13N3S/c1-8-7-10(12-11(15)14-13-8)9-5-3-2-4-6-9/h2-6,10H,7H2,1H3,(H2,12,14,15). The highest BCUT2D eigenvalue weighted by Gasteiger charge is 2.16. The Morgan fingerprint density at radius 1 is 1.33 bits per heavy atom. The fourth-order valence-corrected chi connectivity index (χ4v) is 1.80. The van der Waals surface area contributed by atoms with Gasteiger partial charge in [-0.05, 0) is 24.7 Å². The van der Waals surface area contributed by atoms with Crippen LogP contribution in [0.4, 0.5) is 0 Å². The van der Waals surface area contributed by atoms with Crippen LogP contribution in [0.15, 0.2) is 35.4 Å². The number of rotatable bonds is 1. The average Bonchev–Trinajstić information content (AvgIpc) is 2.42. The molecule has 2 rings (SSSR count). The predicted molar refractivity (Wildman–Crippen MR) is 65.8 cm³/mol. The summed E-state index contributed by atoms with van der Waals surface area (Å²) < 4.78 is 0. The van der Waals surface area contributed by atoms with E-state index in [1.807, 2.05) is 25.1 Å². The molecular weight excluding hydrogens is 206 g/mol. The summed E-state index contributed by atoms with van der Waals surface area (Å²) in [7, 11) is 0. The predicted octanol–water partition coefficient (Wildman–Crippen LogP) is 1.97. The van der Waals surface area contributed by atoms with Crippen LogP contribution in [-0.4, -0.2) is 10.8 Å². The molecule has 1 aromatic carbocycles. The summed E-state index contributed by atoms with van der Waals surface area (Å²) in [5, 5.41) is 7.96. The third-order valence-corrected chi connectivity index (χ3v) is 2.56. The van der Waals surface area contributed by atoms with Crippen molar-refractivity contribution >= 4 is 23.0 Å². The summed E-state index contributed by atoms with van der Waals surface area (Å²) in [5.74, 6) is 0. The van der Waals surface area contributed by atoms with Gasteiger partial charge >= 0.3 is 0 Å². The van der Waals surface area contributed by atoms with E-state index < -0.39 is 0 Å². The lowest BCUT2D eigenvalue weighted by Gasteiger charge is -2.16. The van der Waals surface area contributed by atoms with Crippen LogP contribution in [0.2, 0.25) is 0 Å². The van der Waals surface area contributed by atoms with Crippen molar-refractivity contribution in [3.8, 4) is 0 Å². The molecule has 1 aliphatic heterocycles.